The van der Waals surface area contributed by atoms with Crippen molar-refractivity contribution in [3.05, 3.63) is 65.2 Å². The topological polar surface area (TPSA) is 85.0 Å². The lowest BCUT2D eigenvalue weighted by atomic mass is 10.1. The Kier molecular flexibility index (Phi) is 6.21. The van der Waals surface area contributed by atoms with Crippen LogP contribution in [-0.4, -0.2) is 42.2 Å². The number of nitrogens with zero attached hydrogens (tertiary/aromatic N) is 1. The number of carbonyl (C=O) groups is 1. The first-order valence-electron chi connectivity index (χ1n) is 9.27. The normalized spacial score (nSPS) is 17.8. The number of nitrogen functional groups attached to an aromatic ring is 1. The summed E-state index contributed by atoms with van der Waals surface area (Å²) in [5.41, 5.74) is 8.99. The fourth-order valence-electron chi connectivity index (χ4n) is 3.36. The van der Waals surface area contributed by atoms with Crippen LogP contribution >= 0.6 is 0 Å². The smallest absolute Gasteiger partial charge is 0.256 e. The van der Waals surface area contributed by atoms with Gasteiger partial charge < -0.3 is 25.2 Å². The minimum atomic E-state index is -0.238. The summed E-state index contributed by atoms with van der Waals surface area (Å²) in [4.78, 5) is 14.7. The number of ether oxygens (including phenoxy) is 2. The molecule has 6 heteroatoms. The quantitative estimate of drug-likeness (QED) is 0.593. The Morgan fingerprint density at radius 2 is 2.04 bits per heavy atom. The number of benzene rings is 2. The Morgan fingerprint density at radius 3 is 2.68 bits per heavy atom. The van der Waals surface area contributed by atoms with Crippen LogP contribution in [0.4, 0.5) is 5.69 Å². The number of hydrogen-bond acceptors (Lipinski definition) is 5. The van der Waals surface area contributed by atoms with Gasteiger partial charge in [0.25, 0.3) is 5.91 Å². The molecule has 1 heterocycles. The third-order valence-electron chi connectivity index (χ3n) is 5.00. The summed E-state index contributed by atoms with van der Waals surface area (Å²) in [6, 6.07) is 12.8. The summed E-state index contributed by atoms with van der Waals surface area (Å²) < 4.78 is 11.3. The van der Waals surface area contributed by atoms with Crippen LogP contribution in [0.5, 0.6) is 11.5 Å². The zero-order valence-electron chi connectivity index (χ0n) is 16.2. The van der Waals surface area contributed by atoms with Crippen molar-refractivity contribution < 1.29 is 19.4 Å². The van der Waals surface area contributed by atoms with E-state index in [0.717, 1.165) is 11.1 Å². The van der Waals surface area contributed by atoms with Crippen molar-refractivity contribution in [3.63, 3.8) is 0 Å². The van der Waals surface area contributed by atoms with E-state index in [4.69, 9.17) is 15.2 Å². The Bertz CT molecular complexity index is 864. The molecular weight excluding hydrogens is 356 g/mol. The monoisotopic (exact) mass is 382 g/mol. The second-order valence-electron chi connectivity index (χ2n) is 6.79. The Labute approximate surface area is 165 Å². The second-order valence-corrected chi connectivity index (χ2v) is 6.79. The summed E-state index contributed by atoms with van der Waals surface area (Å²) >= 11 is 0. The standard InChI is InChI=1S/C22H26N2O4/c1-3-15-9-17(13-25)24(12-15)22(26)18-10-20(27-2)21(11-19(18)23)28-14-16-7-5-4-6-8-16/h3-8,10-11,17,25H,9,12-14,23H2,1-2H3/b15-3+/t17-/m0/s1. The van der Waals surface area contributed by atoms with Gasteiger partial charge in [0.15, 0.2) is 11.5 Å². The number of aliphatic hydroxyl groups excluding tert-OH is 1. The minimum Gasteiger partial charge on any atom is -0.493 e. The van der Waals surface area contributed by atoms with Crippen molar-refractivity contribution in [3.8, 4) is 11.5 Å². The molecule has 1 atom stereocenters. The number of amides is 1. The van der Waals surface area contributed by atoms with Crippen LogP contribution in [0.15, 0.2) is 54.1 Å². The number of aliphatic hydroxyl groups is 1. The second kappa shape index (κ2) is 8.80. The molecule has 1 aliphatic heterocycles. The first kappa shape index (κ1) is 19.8. The lowest BCUT2D eigenvalue weighted by Crippen LogP contribution is -2.38. The summed E-state index contributed by atoms with van der Waals surface area (Å²) in [6.07, 6.45) is 2.66. The van der Waals surface area contributed by atoms with Gasteiger partial charge in [-0.25, -0.2) is 0 Å². The van der Waals surface area contributed by atoms with Crippen molar-refractivity contribution in [1.82, 2.24) is 4.90 Å². The molecule has 1 saturated heterocycles. The predicted molar refractivity (Wildman–Crippen MR) is 108 cm³/mol. The maximum Gasteiger partial charge on any atom is 0.256 e. The molecule has 0 bridgehead atoms. The number of carbonyl (C=O) groups excluding carboxylic acids is 1. The average molecular weight is 382 g/mol. The zero-order chi connectivity index (χ0) is 20.1. The fourth-order valence-corrected chi connectivity index (χ4v) is 3.36. The highest BCUT2D eigenvalue weighted by atomic mass is 16.5. The van der Waals surface area contributed by atoms with E-state index in [1.54, 1.807) is 17.0 Å². The summed E-state index contributed by atoms with van der Waals surface area (Å²) in [7, 11) is 1.53. The SMILES string of the molecule is C/C=C1\C[C@@H](CO)N(C(=O)c2cc(OC)c(OCc3ccccc3)cc2N)C1. The molecule has 148 valence electrons. The highest BCUT2D eigenvalue weighted by molar-refractivity contribution is 6.00. The molecule has 3 N–H and O–H groups in total. The summed E-state index contributed by atoms with van der Waals surface area (Å²) in [6.45, 7) is 2.72. The molecule has 6 nitrogen and oxygen atoms in total. The lowest BCUT2D eigenvalue weighted by molar-refractivity contribution is 0.0680. The minimum absolute atomic E-state index is 0.0849. The van der Waals surface area contributed by atoms with E-state index in [0.29, 0.717) is 42.3 Å². The van der Waals surface area contributed by atoms with Crippen LogP contribution in [0.25, 0.3) is 0 Å². The third-order valence-corrected chi connectivity index (χ3v) is 5.00. The predicted octanol–water partition coefficient (Wildman–Crippen LogP) is 3.01. The third kappa shape index (κ3) is 4.12. The van der Waals surface area contributed by atoms with E-state index in [9.17, 15) is 9.90 Å². The molecule has 1 amide bonds. The number of rotatable bonds is 6. The first-order chi connectivity index (χ1) is 13.6. The largest absolute Gasteiger partial charge is 0.493 e. The highest BCUT2D eigenvalue weighted by Gasteiger charge is 2.32. The molecule has 0 saturated carbocycles. The maximum absolute atomic E-state index is 13.1. The molecule has 0 radical (unpaired) electrons. The van der Waals surface area contributed by atoms with Gasteiger partial charge >= 0.3 is 0 Å². The van der Waals surface area contributed by atoms with Crippen LogP contribution in [0.2, 0.25) is 0 Å². The molecule has 0 unspecified atom stereocenters. The van der Waals surface area contributed by atoms with E-state index in [1.165, 1.54) is 7.11 Å². The Balaban J connectivity index is 1.83. The van der Waals surface area contributed by atoms with Crippen molar-refractivity contribution in [2.45, 2.75) is 26.0 Å². The van der Waals surface area contributed by atoms with Crippen LogP contribution < -0.4 is 15.2 Å². The van der Waals surface area contributed by atoms with Gasteiger partial charge in [0, 0.05) is 18.3 Å². The number of anilines is 1. The van der Waals surface area contributed by atoms with Crippen molar-refractivity contribution in [2.75, 3.05) is 26.0 Å². The van der Waals surface area contributed by atoms with Gasteiger partial charge in [0.05, 0.1) is 25.3 Å². The zero-order valence-corrected chi connectivity index (χ0v) is 16.2. The van der Waals surface area contributed by atoms with Gasteiger partial charge in [-0.05, 0) is 25.0 Å². The first-order valence-corrected chi connectivity index (χ1v) is 9.27. The van der Waals surface area contributed by atoms with E-state index in [-0.39, 0.29) is 18.6 Å². The van der Waals surface area contributed by atoms with Gasteiger partial charge in [-0.15, -0.1) is 0 Å². The number of likely N-dealkylation sites (tertiary alicyclic amines) is 1. The van der Waals surface area contributed by atoms with Crippen LogP contribution in [0.1, 0.15) is 29.3 Å². The molecule has 2 aromatic carbocycles. The molecule has 1 aliphatic rings. The fraction of sp³-hybridized carbons (Fsp3) is 0.318. The average Bonchev–Trinajstić information content (AvgIpc) is 3.16. The van der Waals surface area contributed by atoms with Gasteiger partial charge in [0.1, 0.15) is 6.61 Å². The molecule has 28 heavy (non-hydrogen) atoms. The van der Waals surface area contributed by atoms with Crippen LogP contribution in [0, 0.1) is 0 Å². The van der Waals surface area contributed by atoms with Crippen molar-refractivity contribution in [1.29, 1.82) is 0 Å². The van der Waals surface area contributed by atoms with E-state index >= 15 is 0 Å². The molecule has 0 aromatic heterocycles. The van der Waals surface area contributed by atoms with Gasteiger partial charge in [-0.2, -0.15) is 0 Å². The number of hydrogen-bond donors (Lipinski definition) is 2. The maximum atomic E-state index is 13.1. The summed E-state index contributed by atoms with van der Waals surface area (Å²) in [5.74, 6) is 0.704. The van der Waals surface area contributed by atoms with Gasteiger partial charge in [-0.1, -0.05) is 42.0 Å². The number of methoxy groups -OCH3 is 1. The van der Waals surface area contributed by atoms with Gasteiger partial charge in [0.2, 0.25) is 0 Å². The van der Waals surface area contributed by atoms with Crippen LogP contribution in [-0.2, 0) is 6.61 Å². The molecule has 0 aliphatic carbocycles. The summed E-state index contributed by atoms with van der Waals surface area (Å²) in [5, 5.41) is 9.64. The van der Waals surface area contributed by atoms with Crippen molar-refractivity contribution in [2.24, 2.45) is 0 Å². The molecule has 1 fully saturated rings. The molecular formula is C22H26N2O4. The Morgan fingerprint density at radius 1 is 1.29 bits per heavy atom. The van der Waals surface area contributed by atoms with Crippen LogP contribution in [0.3, 0.4) is 0 Å². The number of nitrogens with two attached hydrogens (primary N) is 1. The Hall–Kier alpha value is -2.99. The molecule has 2 aromatic rings. The van der Waals surface area contributed by atoms with Crippen molar-refractivity contribution >= 4 is 11.6 Å². The molecule has 3 rings (SSSR count). The van der Waals surface area contributed by atoms with E-state index in [1.807, 2.05) is 43.3 Å². The van der Waals surface area contributed by atoms with E-state index < -0.39 is 0 Å². The van der Waals surface area contributed by atoms with Gasteiger partial charge in [-0.3, -0.25) is 4.79 Å². The highest BCUT2D eigenvalue weighted by Crippen LogP contribution is 2.35. The van der Waals surface area contributed by atoms with E-state index in [2.05, 4.69) is 0 Å². The lowest BCUT2D eigenvalue weighted by Gasteiger charge is -2.24. The molecule has 0 spiro atoms. The number of allylic oxidation sites excluding steroid dienone is 1.